The summed E-state index contributed by atoms with van der Waals surface area (Å²) in [6, 6.07) is 0. The van der Waals surface area contributed by atoms with E-state index in [1.54, 1.807) is 6.92 Å². The van der Waals surface area contributed by atoms with Crippen LogP contribution in [0, 0.1) is 0 Å². The smallest absolute Gasteiger partial charge is 0.155 e. The van der Waals surface area contributed by atoms with Crippen molar-refractivity contribution < 1.29 is 8.42 Å². The summed E-state index contributed by atoms with van der Waals surface area (Å²) in [7, 11) is -2.72. The summed E-state index contributed by atoms with van der Waals surface area (Å²) in [6.45, 7) is 2.97. The van der Waals surface area contributed by atoms with Gasteiger partial charge in [-0.15, -0.1) is 0 Å². The molecular weight excluding hydrogens is 138 g/mol. The Morgan fingerprint density at radius 1 is 1.56 bits per heavy atom. The first kappa shape index (κ1) is 7.02. The lowest BCUT2D eigenvalue weighted by Gasteiger charge is -2.18. The Labute approximate surface area is 55.4 Å². The van der Waals surface area contributed by atoms with Crippen LogP contribution in [0.4, 0.5) is 0 Å². The lowest BCUT2D eigenvalue weighted by molar-refractivity contribution is 0.554. The zero-order valence-electron chi connectivity index (χ0n) is 5.42. The summed E-state index contributed by atoms with van der Waals surface area (Å²) in [4.78, 5) is 0. The van der Waals surface area contributed by atoms with Gasteiger partial charge in [0.25, 0.3) is 0 Å². The van der Waals surface area contributed by atoms with Gasteiger partial charge in [-0.05, 0) is 6.92 Å². The Kier molecular flexibility index (Phi) is 1.77. The molecule has 1 fully saturated rings. The molecule has 1 atom stereocenters. The van der Waals surface area contributed by atoms with Gasteiger partial charge >= 0.3 is 0 Å². The topological polar surface area (TPSA) is 46.2 Å². The second-order valence-corrected chi connectivity index (χ2v) is 4.92. The third kappa shape index (κ3) is 1.43. The van der Waals surface area contributed by atoms with Gasteiger partial charge in [0.2, 0.25) is 0 Å². The number of nitrogens with one attached hydrogen (secondary N) is 1. The maximum absolute atomic E-state index is 10.9. The van der Waals surface area contributed by atoms with Gasteiger partial charge in [0.05, 0.1) is 11.0 Å². The fourth-order valence-corrected chi connectivity index (χ4v) is 2.05. The highest BCUT2D eigenvalue weighted by molar-refractivity contribution is 7.92. The van der Waals surface area contributed by atoms with Crippen LogP contribution in [0.1, 0.15) is 6.92 Å². The van der Waals surface area contributed by atoms with E-state index in [9.17, 15) is 8.42 Å². The van der Waals surface area contributed by atoms with Crippen molar-refractivity contribution in [2.24, 2.45) is 0 Å². The fraction of sp³-hybridized carbons (Fsp3) is 1.00. The van der Waals surface area contributed by atoms with Crippen LogP contribution < -0.4 is 5.32 Å². The van der Waals surface area contributed by atoms with Crippen LogP contribution in [0.3, 0.4) is 0 Å². The van der Waals surface area contributed by atoms with Crippen LogP contribution in [-0.2, 0) is 9.84 Å². The molecule has 9 heavy (non-hydrogen) atoms. The Morgan fingerprint density at radius 3 is 2.56 bits per heavy atom. The van der Waals surface area contributed by atoms with Crippen molar-refractivity contribution in [2.45, 2.75) is 12.2 Å². The largest absolute Gasteiger partial charge is 0.314 e. The maximum atomic E-state index is 10.9. The molecule has 0 radical (unpaired) electrons. The third-order valence-corrected chi connectivity index (χ3v) is 3.77. The molecular formula is C5H11NO2S. The lowest BCUT2D eigenvalue weighted by Crippen LogP contribution is -2.42. The quantitative estimate of drug-likeness (QED) is 0.500. The Bertz CT molecular complexity index is 185. The van der Waals surface area contributed by atoms with E-state index in [0.717, 1.165) is 0 Å². The molecule has 0 amide bonds. The Morgan fingerprint density at radius 2 is 2.22 bits per heavy atom. The summed E-state index contributed by atoms with van der Waals surface area (Å²) in [5.41, 5.74) is 0. The molecule has 1 unspecified atom stereocenters. The van der Waals surface area contributed by atoms with E-state index in [4.69, 9.17) is 0 Å². The minimum atomic E-state index is -2.72. The van der Waals surface area contributed by atoms with Crippen LogP contribution in [0.2, 0.25) is 0 Å². The van der Waals surface area contributed by atoms with Gasteiger partial charge in [0, 0.05) is 13.1 Å². The van der Waals surface area contributed by atoms with E-state index in [1.807, 2.05) is 0 Å². The minimum Gasteiger partial charge on any atom is -0.314 e. The van der Waals surface area contributed by atoms with E-state index in [-0.39, 0.29) is 5.25 Å². The van der Waals surface area contributed by atoms with Gasteiger partial charge in [-0.25, -0.2) is 8.42 Å². The summed E-state index contributed by atoms with van der Waals surface area (Å²) in [5.74, 6) is 0.300. The van der Waals surface area contributed by atoms with Crippen LogP contribution in [0.25, 0.3) is 0 Å². The zero-order chi connectivity index (χ0) is 6.91. The molecule has 0 aromatic rings. The minimum absolute atomic E-state index is 0.189. The van der Waals surface area contributed by atoms with Crippen molar-refractivity contribution >= 4 is 9.84 Å². The highest BCUT2D eigenvalue weighted by Crippen LogP contribution is 2.03. The van der Waals surface area contributed by atoms with Crippen LogP contribution in [-0.4, -0.2) is 32.5 Å². The summed E-state index contributed by atoms with van der Waals surface area (Å²) >= 11 is 0. The molecule has 0 aromatic carbocycles. The van der Waals surface area contributed by atoms with Gasteiger partial charge in [-0.3, -0.25) is 0 Å². The number of hydrogen-bond acceptors (Lipinski definition) is 3. The molecule has 0 spiro atoms. The normalized spacial score (nSPS) is 34.1. The Hall–Kier alpha value is -0.0900. The molecule has 0 saturated carbocycles. The van der Waals surface area contributed by atoms with E-state index >= 15 is 0 Å². The van der Waals surface area contributed by atoms with E-state index < -0.39 is 9.84 Å². The first-order valence-corrected chi connectivity index (χ1v) is 4.77. The Balaban J connectivity index is 2.72. The first-order chi connectivity index (χ1) is 4.13. The predicted octanol–water partition coefficient (Wildman–Crippen LogP) is -0.607. The molecule has 1 rings (SSSR count). The fourth-order valence-electron chi connectivity index (χ4n) is 0.848. The summed E-state index contributed by atoms with van der Waals surface area (Å²) < 4.78 is 21.9. The second kappa shape index (κ2) is 2.27. The number of hydrogen-bond donors (Lipinski definition) is 1. The summed E-state index contributed by atoms with van der Waals surface area (Å²) in [5, 5.41) is 2.82. The van der Waals surface area contributed by atoms with Gasteiger partial charge in [-0.1, -0.05) is 0 Å². The molecule has 54 valence electrons. The SMILES string of the molecule is CC1CNCCS1(=O)=O. The first-order valence-electron chi connectivity index (χ1n) is 3.05. The highest BCUT2D eigenvalue weighted by atomic mass is 32.2. The van der Waals surface area contributed by atoms with Crippen LogP contribution >= 0.6 is 0 Å². The van der Waals surface area contributed by atoms with E-state index in [2.05, 4.69) is 5.32 Å². The molecule has 0 aliphatic carbocycles. The molecule has 1 heterocycles. The van der Waals surface area contributed by atoms with Crippen molar-refractivity contribution in [3.8, 4) is 0 Å². The monoisotopic (exact) mass is 149 g/mol. The number of sulfone groups is 1. The highest BCUT2D eigenvalue weighted by Gasteiger charge is 2.23. The summed E-state index contributed by atoms with van der Waals surface area (Å²) in [6.07, 6.45) is 0. The van der Waals surface area contributed by atoms with Gasteiger partial charge in [0.15, 0.2) is 9.84 Å². The van der Waals surface area contributed by atoms with Crippen molar-refractivity contribution in [3.63, 3.8) is 0 Å². The van der Waals surface area contributed by atoms with E-state index in [0.29, 0.717) is 18.8 Å². The third-order valence-electron chi connectivity index (χ3n) is 1.61. The molecule has 0 bridgehead atoms. The average molecular weight is 149 g/mol. The van der Waals surface area contributed by atoms with Crippen LogP contribution in [0.5, 0.6) is 0 Å². The molecule has 3 nitrogen and oxygen atoms in total. The second-order valence-electron chi connectivity index (χ2n) is 2.38. The molecule has 1 N–H and O–H groups in total. The van der Waals surface area contributed by atoms with E-state index in [1.165, 1.54) is 0 Å². The standard InChI is InChI=1S/C5H11NO2S/c1-5-4-6-2-3-9(5,7)8/h5-6H,2-4H2,1H3. The van der Waals surface area contributed by atoms with Crippen molar-refractivity contribution in [3.05, 3.63) is 0 Å². The molecule has 4 heteroatoms. The van der Waals surface area contributed by atoms with Gasteiger partial charge in [-0.2, -0.15) is 0 Å². The molecule has 1 aliphatic rings. The number of rotatable bonds is 0. The van der Waals surface area contributed by atoms with Crippen molar-refractivity contribution in [1.29, 1.82) is 0 Å². The van der Waals surface area contributed by atoms with Crippen molar-refractivity contribution in [1.82, 2.24) is 5.32 Å². The lowest BCUT2D eigenvalue weighted by atomic mass is 10.4. The van der Waals surface area contributed by atoms with Gasteiger partial charge < -0.3 is 5.32 Å². The molecule has 0 aromatic heterocycles. The van der Waals surface area contributed by atoms with Crippen molar-refractivity contribution in [2.75, 3.05) is 18.8 Å². The predicted molar refractivity (Wildman–Crippen MR) is 36.1 cm³/mol. The maximum Gasteiger partial charge on any atom is 0.155 e. The molecule has 1 saturated heterocycles. The van der Waals surface area contributed by atoms with Gasteiger partial charge in [0.1, 0.15) is 0 Å². The zero-order valence-corrected chi connectivity index (χ0v) is 6.24. The van der Waals surface area contributed by atoms with Crippen LogP contribution in [0.15, 0.2) is 0 Å². The molecule has 1 aliphatic heterocycles. The average Bonchev–Trinajstić information content (AvgIpc) is 1.77.